The van der Waals surface area contributed by atoms with Gasteiger partial charge in [-0.15, -0.1) is 11.3 Å². The van der Waals surface area contributed by atoms with Gasteiger partial charge in [-0.1, -0.05) is 13.8 Å². The van der Waals surface area contributed by atoms with Gasteiger partial charge in [0.15, 0.2) is 10.9 Å². The number of thiazole rings is 1. The van der Waals surface area contributed by atoms with Gasteiger partial charge in [0.05, 0.1) is 17.9 Å². The monoisotopic (exact) mass is 430 g/mol. The van der Waals surface area contributed by atoms with Crippen molar-refractivity contribution in [3.63, 3.8) is 0 Å². The Balaban J connectivity index is 1.45. The number of ether oxygens (including phenoxy) is 1. The molecule has 2 atom stereocenters. The topological polar surface area (TPSA) is 87.3 Å². The standard InChI is InChI=1S/C22H30N4O3S/c1-12-8-26(9-13(2)29-12)10-15-11-30-21(23-15)25-20(28)19-14(3)18-16(24-19)6-22(4,5)7-17(18)27/h11-13,24H,6-10H2,1-5H3,(H,23,25,28). The highest BCUT2D eigenvalue weighted by molar-refractivity contribution is 7.14. The second-order valence-corrected chi connectivity index (χ2v) is 10.3. The van der Waals surface area contributed by atoms with E-state index in [1.165, 1.54) is 11.3 Å². The lowest BCUT2D eigenvalue weighted by Crippen LogP contribution is -2.44. The number of morpholine rings is 1. The van der Waals surface area contributed by atoms with Crippen LogP contribution < -0.4 is 5.32 Å². The molecule has 8 heteroatoms. The summed E-state index contributed by atoms with van der Waals surface area (Å²) in [4.78, 5) is 35.6. The number of nitrogens with one attached hydrogen (secondary N) is 2. The normalized spacial score (nSPS) is 24.0. The smallest absolute Gasteiger partial charge is 0.274 e. The highest BCUT2D eigenvalue weighted by Crippen LogP contribution is 2.36. The fourth-order valence-corrected chi connectivity index (χ4v) is 5.40. The second-order valence-electron chi connectivity index (χ2n) is 9.47. The first-order valence-corrected chi connectivity index (χ1v) is 11.4. The largest absolute Gasteiger partial charge is 0.373 e. The highest BCUT2D eigenvalue weighted by Gasteiger charge is 2.35. The third-order valence-corrected chi connectivity index (χ3v) is 6.59. The van der Waals surface area contributed by atoms with Crippen LogP contribution in [0.5, 0.6) is 0 Å². The van der Waals surface area contributed by atoms with Crippen LogP contribution in [0.4, 0.5) is 5.13 Å². The lowest BCUT2D eigenvalue weighted by molar-refractivity contribution is -0.0707. The van der Waals surface area contributed by atoms with Crippen LogP contribution in [0.1, 0.15) is 71.9 Å². The summed E-state index contributed by atoms with van der Waals surface area (Å²) >= 11 is 1.42. The van der Waals surface area contributed by atoms with Gasteiger partial charge in [0.1, 0.15) is 5.69 Å². The van der Waals surface area contributed by atoms with E-state index in [0.29, 0.717) is 22.8 Å². The van der Waals surface area contributed by atoms with Gasteiger partial charge >= 0.3 is 0 Å². The van der Waals surface area contributed by atoms with Gasteiger partial charge in [-0.3, -0.25) is 19.8 Å². The summed E-state index contributed by atoms with van der Waals surface area (Å²) in [6, 6.07) is 0. The number of anilines is 1. The van der Waals surface area contributed by atoms with Crippen LogP contribution in [0.3, 0.4) is 0 Å². The third-order valence-electron chi connectivity index (χ3n) is 5.78. The molecule has 2 aliphatic rings. The van der Waals surface area contributed by atoms with Crippen LogP contribution >= 0.6 is 11.3 Å². The summed E-state index contributed by atoms with van der Waals surface area (Å²) in [6.45, 7) is 12.7. The van der Waals surface area contributed by atoms with Crippen molar-refractivity contribution < 1.29 is 14.3 Å². The summed E-state index contributed by atoms with van der Waals surface area (Å²) in [5.41, 5.74) is 3.60. The van der Waals surface area contributed by atoms with Crippen molar-refractivity contribution in [2.45, 2.75) is 66.2 Å². The van der Waals surface area contributed by atoms with Crippen LogP contribution in [0.2, 0.25) is 0 Å². The predicted octanol–water partition coefficient (Wildman–Crippen LogP) is 3.80. The summed E-state index contributed by atoms with van der Waals surface area (Å²) in [5, 5.41) is 5.46. The number of carbonyl (C=O) groups is 2. The van der Waals surface area contributed by atoms with Crippen LogP contribution in [0.15, 0.2) is 5.38 Å². The minimum absolute atomic E-state index is 0.0895. The molecule has 2 N–H and O–H groups in total. The zero-order valence-electron chi connectivity index (χ0n) is 18.3. The molecule has 0 spiro atoms. The molecule has 162 valence electrons. The lowest BCUT2D eigenvalue weighted by Gasteiger charge is -2.34. The van der Waals surface area contributed by atoms with E-state index in [1.54, 1.807) is 0 Å². The molecule has 7 nitrogen and oxygen atoms in total. The van der Waals surface area contributed by atoms with Crippen LogP contribution in [0, 0.1) is 12.3 Å². The number of nitrogens with zero attached hydrogens (tertiary/aromatic N) is 2. The maximum absolute atomic E-state index is 12.9. The highest BCUT2D eigenvalue weighted by atomic mass is 32.1. The molecule has 0 aromatic carbocycles. The Morgan fingerprint density at radius 2 is 2.03 bits per heavy atom. The zero-order valence-corrected chi connectivity index (χ0v) is 19.1. The van der Waals surface area contributed by atoms with Gasteiger partial charge < -0.3 is 9.72 Å². The predicted molar refractivity (Wildman–Crippen MR) is 117 cm³/mol. The minimum Gasteiger partial charge on any atom is -0.373 e. The molecule has 0 bridgehead atoms. The Labute approximate surface area is 181 Å². The molecule has 2 aromatic heterocycles. The number of rotatable bonds is 4. The molecule has 3 heterocycles. The van der Waals surface area contributed by atoms with Gasteiger partial charge in [0.25, 0.3) is 5.91 Å². The molecule has 1 fully saturated rings. The molecule has 30 heavy (non-hydrogen) atoms. The van der Waals surface area contributed by atoms with E-state index in [2.05, 4.69) is 47.9 Å². The number of aromatic amines is 1. The molecule has 2 unspecified atom stereocenters. The molecule has 2 aromatic rings. The van der Waals surface area contributed by atoms with E-state index >= 15 is 0 Å². The van der Waals surface area contributed by atoms with Gasteiger partial charge in [0.2, 0.25) is 0 Å². The first kappa shape index (κ1) is 21.2. The fraction of sp³-hybridized carbons (Fsp3) is 0.591. The first-order chi connectivity index (χ1) is 14.1. The quantitative estimate of drug-likeness (QED) is 0.770. The van der Waals surface area contributed by atoms with Crippen molar-refractivity contribution in [1.82, 2.24) is 14.9 Å². The van der Waals surface area contributed by atoms with E-state index in [9.17, 15) is 9.59 Å². The van der Waals surface area contributed by atoms with Crippen molar-refractivity contribution in [2.24, 2.45) is 5.41 Å². The van der Waals surface area contributed by atoms with E-state index in [1.807, 2.05) is 12.3 Å². The lowest BCUT2D eigenvalue weighted by atomic mass is 9.75. The van der Waals surface area contributed by atoms with E-state index in [4.69, 9.17) is 4.74 Å². The number of ketones is 1. The van der Waals surface area contributed by atoms with Crippen LogP contribution in [-0.4, -0.2) is 51.9 Å². The average molecular weight is 431 g/mol. The van der Waals surface area contributed by atoms with Gasteiger partial charge in [-0.25, -0.2) is 4.98 Å². The first-order valence-electron chi connectivity index (χ1n) is 10.5. The van der Waals surface area contributed by atoms with Gasteiger partial charge in [0, 0.05) is 42.7 Å². The van der Waals surface area contributed by atoms with E-state index < -0.39 is 0 Å². The Hall–Kier alpha value is -2.03. The summed E-state index contributed by atoms with van der Waals surface area (Å²) in [6.07, 6.45) is 1.69. The Morgan fingerprint density at radius 1 is 1.33 bits per heavy atom. The van der Waals surface area contributed by atoms with Gasteiger partial charge in [-0.2, -0.15) is 0 Å². The van der Waals surface area contributed by atoms with Crippen molar-refractivity contribution in [3.05, 3.63) is 33.6 Å². The molecule has 1 amide bonds. The Morgan fingerprint density at radius 3 is 2.73 bits per heavy atom. The minimum atomic E-state index is -0.248. The molecule has 1 aliphatic heterocycles. The third kappa shape index (κ3) is 4.36. The number of aromatic nitrogens is 2. The van der Waals surface area contributed by atoms with Crippen molar-refractivity contribution in [1.29, 1.82) is 0 Å². The fourth-order valence-electron chi connectivity index (χ4n) is 4.70. The zero-order chi connectivity index (χ0) is 21.6. The number of H-pyrrole nitrogens is 1. The summed E-state index contributed by atoms with van der Waals surface area (Å²) in [5.74, 6) is -0.137. The second kappa shape index (κ2) is 7.90. The van der Waals surface area contributed by atoms with Crippen molar-refractivity contribution in [3.8, 4) is 0 Å². The van der Waals surface area contributed by atoms with Crippen LogP contribution in [0.25, 0.3) is 0 Å². The molecular weight excluding hydrogens is 400 g/mol. The number of amides is 1. The Bertz CT molecular complexity index is 967. The van der Waals surface area contributed by atoms with Gasteiger partial charge in [-0.05, 0) is 38.2 Å². The molecule has 1 aliphatic carbocycles. The molecule has 4 rings (SSSR count). The van der Waals surface area contributed by atoms with E-state index in [0.717, 1.165) is 43.0 Å². The molecule has 1 saturated heterocycles. The van der Waals surface area contributed by atoms with Crippen molar-refractivity contribution >= 4 is 28.2 Å². The van der Waals surface area contributed by atoms with E-state index in [-0.39, 0.29) is 29.3 Å². The maximum atomic E-state index is 12.9. The molecule has 0 radical (unpaired) electrons. The SMILES string of the molecule is Cc1c(C(=O)Nc2nc(CN3CC(C)OC(C)C3)cs2)[nH]c2c1C(=O)CC(C)(C)C2. The summed E-state index contributed by atoms with van der Waals surface area (Å²) in [7, 11) is 0. The number of Topliss-reactive ketones (excluding diaryl/α,β-unsaturated/α-hetero) is 1. The average Bonchev–Trinajstić information content (AvgIpc) is 3.17. The maximum Gasteiger partial charge on any atom is 0.274 e. The van der Waals surface area contributed by atoms with Crippen molar-refractivity contribution in [2.75, 3.05) is 18.4 Å². The molecule has 0 saturated carbocycles. The summed E-state index contributed by atoms with van der Waals surface area (Å²) < 4.78 is 5.78. The number of fused-ring (bicyclic) bond motifs is 1. The Kier molecular flexibility index (Phi) is 5.59. The molecular formula is C22H30N4O3S. The number of hydrogen-bond acceptors (Lipinski definition) is 6. The number of hydrogen-bond donors (Lipinski definition) is 2. The van der Waals surface area contributed by atoms with Crippen LogP contribution in [-0.2, 0) is 17.7 Å². The number of carbonyl (C=O) groups excluding carboxylic acids is 2.